The van der Waals surface area contributed by atoms with Gasteiger partial charge in [0.2, 0.25) is 0 Å². The normalized spacial score (nSPS) is 16.7. The van der Waals surface area contributed by atoms with Crippen LogP contribution in [0.4, 0.5) is 5.69 Å². The number of ether oxygens (including phenoxy) is 1. The second-order valence-electron chi connectivity index (χ2n) is 5.88. The van der Waals surface area contributed by atoms with Crippen LogP contribution in [-0.4, -0.2) is 29.6 Å². The van der Waals surface area contributed by atoms with Gasteiger partial charge in [0.25, 0.3) is 5.91 Å². The van der Waals surface area contributed by atoms with Crippen LogP contribution in [0.15, 0.2) is 57.4 Å². The zero-order chi connectivity index (χ0) is 21.1. The van der Waals surface area contributed by atoms with Gasteiger partial charge in [0.1, 0.15) is 12.4 Å². The number of rotatable bonds is 5. The van der Waals surface area contributed by atoms with Crippen molar-refractivity contribution in [2.75, 3.05) is 13.7 Å². The topological polar surface area (TPSA) is 41.9 Å². The summed E-state index contributed by atoms with van der Waals surface area (Å²) in [5, 5.41) is 1.18. The summed E-state index contributed by atoms with van der Waals surface area (Å²) in [6.07, 6.45) is 3.59. The molecule has 0 unspecified atom stereocenters. The fraction of sp³-hybridized carbons (Fsp3) is 0.100. The van der Waals surface area contributed by atoms with Crippen LogP contribution in [0.5, 0.6) is 5.75 Å². The van der Waals surface area contributed by atoms with Gasteiger partial charge in [0.05, 0.1) is 22.8 Å². The Morgan fingerprint density at radius 2 is 2.00 bits per heavy atom. The van der Waals surface area contributed by atoms with E-state index in [1.807, 2.05) is 30.3 Å². The first-order chi connectivity index (χ1) is 13.8. The van der Waals surface area contributed by atoms with Crippen molar-refractivity contribution in [1.29, 1.82) is 0 Å². The highest BCUT2D eigenvalue weighted by molar-refractivity contribution is 14.1. The molecule has 150 valence electrons. The van der Waals surface area contributed by atoms with Crippen LogP contribution in [0.25, 0.3) is 6.08 Å². The van der Waals surface area contributed by atoms with Crippen LogP contribution in [0, 0.1) is 7.14 Å². The molecule has 9 heteroatoms. The number of benzene rings is 2. The van der Waals surface area contributed by atoms with Crippen molar-refractivity contribution < 1.29 is 9.53 Å². The molecular weight excluding hydrogens is 701 g/mol. The lowest BCUT2D eigenvalue weighted by atomic mass is 10.2. The van der Waals surface area contributed by atoms with Gasteiger partial charge in [-0.15, -0.1) is 0 Å². The molecule has 4 nitrogen and oxygen atoms in total. The fourth-order valence-electron chi connectivity index (χ4n) is 2.41. The smallest absolute Gasteiger partial charge is 0.266 e. The molecule has 0 N–H and O–H groups in total. The lowest BCUT2D eigenvalue weighted by Gasteiger charge is -2.10. The van der Waals surface area contributed by atoms with Crippen molar-refractivity contribution in [2.45, 2.75) is 0 Å². The Morgan fingerprint density at radius 1 is 1.31 bits per heavy atom. The Bertz CT molecular complexity index is 1040. The van der Waals surface area contributed by atoms with Crippen molar-refractivity contribution in [3.63, 3.8) is 0 Å². The number of amidine groups is 1. The Morgan fingerprint density at radius 3 is 2.62 bits per heavy atom. The summed E-state index contributed by atoms with van der Waals surface area (Å²) in [5.74, 6) is 0.735. The Kier molecular flexibility index (Phi) is 8.10. The average Bonchev–Trinajstić information content (AvgIpc) is 2.92. The van der Waals surface area contributed by atoms with Crippen molar-refractivity contribution in [2.24, 2.45) is 4.99 Å². The van der Waals surface area contributed by atoms with E-state index in [9.17, 15) is 4.79 Å². The number of hydrogen-bond donors (Lipinski definition) is 0. The van der Waals surface area contributed by atoms with E-state index in [-0.39, 0.29) is 5.91 Å². The highest BCUT2D eigenvalue weighted by atomic mass is 127. The maximum absolute atomic E-state index is 12.7. The van der Waals surface area contributed by atoms with E-state index in [2.05, 4.69) is 72.7 Å². The predicted molar refractivity (Wildman–Crippen MR) is 142 cm³/mol. The largest absolute Gasteiger partial charge is 0.487 e. The number of carbonyl (C=O) groups excluding carboxylic acids is 1. The minimum atomic E-state index is -0.0889. The fourth-order valence-corrected chi connectivity index (χ4v) is 5.95. The van der Waals surface area contributed by atoms with E-state index in [1.165, 1.54) is 11.8 Å². The van der Waals surface area contributed by atoms with E-state index < -0.39 is 0 Å². The molecule has 2 aromatic carbocycles. The van der Waals surface area contributed by atoms with E-state index in [4.69, 9.17) is 16.3 Å². The predicted octanol–water partition coefficient (Wildman–Crippen LogP) is 7.11. The number of aliphatic imine (C=N–C) groups is 1. The molecular formula is C20H14BrClI2N2O2S. The zero-order valence-electron chi connectivity index (χ0n) is 15.1. The van der Waals surface area contributed by atoms with Gasteiger partial charge >= 0.3 is 0 Å². The van der Waals surface area contributed by atoms with Gasteiger partial charge in [-0.2, -0.15) is 0 Å². The van der Waals surface area contributed by atoms with E-state index in [0.29, 0.717) is 27.4 Å². The number of amides is 1. The van der Waals surface area contributed by atoms with Crippen LogP contribution in [0.1, 0.15) is 5.56 Å². The van der Waals surface area contributed by atoms with E-state index in [0.717, 1.165) is 22.9 Å². The highest BCUT2D eigenvalue weighted by Gasteiger charge is 2.30. The molecule has 2 aromatic rings. The van der Waals surface area contributed by atoms with Gasteiger partial charge in [-0.3, -0.25) is 9.69 Å². The summed E-state index contributed by atoms with van der Waals surface area (Å²) >= 11 is 15.3. The number of halogens is 4. The minimum absolute atomic E-state index is 0.0889. The molecule has 3 rings (SSSR count). The molecule has 1 saturated heterocycles. The van der Waals surface area contributed by atoms with Crippen LogP contribution < -0.4 is 4.74 Å². The molecule has 0 bridgehead atoms. The number of carbonyl (C=O) groups is 1. The van der Waals surface area contributed by atoms with Gasteiger partial charge in [-0.1, -0.05) is 24.3 Å². The zero-order valence-corrected chi connectivity index (χ0v) is 22.6. The van der Waals surface area contributed by atoms with Gasteiger partial charge in [0.15, 0.2) is 5.17 Å². The summed E-state index contributed by atoms with van der Waals surface area (Å²) in [5.41, 5.74) is 1.62. The second kappa shape index (κ2) is 10.2. The lowest BCUT2D eigenvalue weighted by Crippen LogP contribution is -2.23. The molecule has 1 heterocycles. The van der Waals surface area contributed by atoms with Crippen molar-refractivity contribution in [3.05, 3.63) is 70.1 Å². The Balaban J connectivity index is 1.89. The first kappa shape index (κ1) is 23.1. The molecule has 29 heavy (non-hydrogen) atoms. The van der Waals surface area contributed by atoms with Crippen molar-refractivity contribution >= 4 is 107 Å². The van der Waals surface area contributed by atoms with Crippen molar-refractivity contribution in [3.8, 4) is 5.75 Å². The molecule has 0 aromatic heterocycles. The van der Waals surface area contributed by atoms with E-state index >= 15 is 0 Å². The third-order valence-corrected chi connectivity index (χ3v) is 7.69. The maximum Gasteiger partial charge on any atom is 0.266 e. The molecule has 0 radical (unpaired) electrons. The van der Waals surface area contributed by atoms with Crippen LogP contribution in [-0.2, 0) is 4.79 Å². The third-order valence-electron chi connectivity index (χ3n) is 3.80. The van der Waals surface area contributed by atoms with Gasteiger partial charge in [0, 0.05) is 11.5 Å². The lowest BCUT2D eigenvalue weighted by molar-refractivity contribution is -0.121. The second-order valence-corrected chi connectivity index (χ2v) is 10.5. The Hall–Kier alpha value is -0.560. The maximum atomic E-state index is 12.7. The number of likely N-dealkylation sites (N-methyl/N-ethyl adjacent to an activating group) is 1. The SMILES string of the molecule is C=CCOc1c(I)cc(/C=C2\SC(=Nc3ccc(Br)c(Cl)c3)N(C)C2=O)cc1I. The summed E-state index contributed by atoms with van der Waals surface area (Å²) in [4.78, 5) is 19.4. The number of nitrogens with zero attached hydrogens (tertiary/aromatic N) is 2. The highest BCUT2D eigenvalue weighted by Crippen LogP contribution is 2.36. The van der Waals surface area contributed by atoms with Crippen LogP contribution in [0.3, 0.4) is 0 Å². The molecule has 0 atom stereocenters. The quantitative estimate of drug-likeness (QED) is 0.189. The number of thioether (sulfide) groups is 1. The Labute approximate surface area is 214 Å². The average molecular weight is 716 g/mol. The van der Waals surface area contributed by atoms with Gasteiger partial charge in [-0.05, 0) is 115 Å². The molecule has 1 amide bonds. The first-order valence-electron chi connectivity index (χ1n) is 8.24. The summed E-state index contributed by atoms with van der Waals surface area (Å²) in [7, 11) is 1.72. The van der Waals surface area contributed by atoms with Gasteiger partial charge in [-0.25, -0.2) is 4.99 Å². The molecule has 0 aliphatic carbocycles. The molecule has 0 spiro atoms. The number of hydrogen-bond acceptors (Lipinski definition) is 4. The van der Waals surface area contributed by atoms with Gasteiger partial charge < -0.3 is 4.74 Å². The van der Waals surface area contributed by atoms with E-state index in [1.54, 1.807) is 24.1 Å². The summed E-state index contributed by atoms with van der Waals surface area (Å²) in [6.45, 7) is 4.13. The first-order valence-corrected chi connectivity index (χ1v) is 12.4. The monoisotopic (exact) mass is 714 g/mol. The standard InChI is InChI=1S/C20H14BrClI2N2O2S/c1-3-6-28-18-15(23)7-11(8-16(18)24)9-17-19(27)26(2)20(29-17)25-12-4-5-13(21)14(22)10-12/h3-5,7-10H,1,6H2,2H3/b17-9-,25-20?. The molecule has 0 saturated carbocycles. The van der Waals surface area contributed by atoms with Crippen LogP contribution >= 0.6 is 84.5 Å². The van der Waals surface area contributed by atoms with Crippen molar-refractivity contribution in [1.82, 2.24) is 4.90 Å². The molecule has 1 fully saturated rings. The summed E-state index contributed by atoms with van der Waals surface area (Å²) in [6, 6.07) is 9.42. The molecule has 1 aliphatic heterocycles. The summed E-state index contributed by atoms with van der Waals surface area (Å²) < 4.78 is 8.47. The van der Waals surface area contributed by atoms with Crippen LogP contribution in [0.2, 0.25) is 5.02 Å². The third kappa shape index (κ3) is 5.57. The minimum Gasteiger partial charge on any atom is -0.487 e. The molecule has 1 aliphatic rings.